The Labute approximate surface area is 169 Å². The van der Waals surface area contributed by atoms with Crippen LogP contribution in [0, 0.1) is 11.7 Å². The van der Waals surface area contributed by atoms with Crippen molar-refractivity contribution in [2.75, 3.05) is 20.1 Å². The molecule has 2 aromatic rings. The average Bonchev–Trinajstić information content (AvgIpc) is 2.69. The van der Waals surface area contributed by atoms with Crippen LogP contribution in [0.25, 0.3) is 0 Å². The SMILES string of the molecule is CN(Cc1ccc(Cl)cc1)C(=O)[C@@H]1CCCN(S(=O)(=O)c2ccc(F)cc2)C1. The van der Waals surface area contributed by atoms with Crippen molar-refractivity contribution in [1.82, 2.24) is 9.21 Å². The number of benzene rings is 2. The molecule has 0 saturated carbocycles. The van der Waals surface area contributed by atoms with Crippen LogP contribution in [0.5, 0.6) is 0 Å². The Hall–Kier alpha value is -1.96. The zero-order valence-electron chi connectivity index (χ0n) is 15.5. The van der Waals surface area contributed by atoms with Crippen LogP contribution in [-0.2, 0) is 21.4 Å². The summed E-state index contributed by atoms with van der Waals surface area (Å²) in [7, 11) is -2.04. The van der Waals surface area contributed by atoms with E-state index in [1.165, 1.54) is 16.4 Å². The number of amides is 1. The van der Waals surface area contributed by atoms with Gasteiger partial charge in [0.25, 0.3) is 0 Å². The Kier molecular flexibility index (Phi) is 6.37. The predicted molar refractivity (Wildman–Crippen MR) is 106 cm³/mol. The normalized spacial score (nSPS) is 18.0. The molecule has 1 heterocycles. The largest absolute Gasteiger partial charge is 0.341 e. The summed E-state index contributed by atoms with van der Waals surface area (Å²) in [5, 5.41) is 0.631. The topological polar surface area (TPSA) is 57.7 Å². The van der Waals surface area contributed by atoms with E-state index in [-0.39, 0.29) is 17.3 Å². The minimum Gasteiger partial charge on any atom is -0.341 e. The van der Waals surface area contributed by atoms with Crippen LogP contribution in [0.3, 0.4) is 0 Å². The Morgan fingerprint density at radius 2 is 1.82 bits per heavy atom. The highest BCUT2D eigenvalue weighted by molar-refractivity contribution is 7.89. The first-order valence-corrected chi connectivity index (χ1v) is 10.8. The molecule has 1 fully saturated rings. The maximum absolute atomic E-state index is 13.1. The van der Waals surface area contributed by atoms with Crippen LogP contribution in [0.2, 0.25) is 5.02 Å². The standard InChI is InChI=1S/C20H22ClFN2O3S/c1-23(13-15-4-6-17(21)7-5-15)20(25)16-3-2-12-24(14-16)28(26,27)19-10-8-18(22)9-11-19/h4-11,16H,2-3,12-14H2,1H3/t16-/m1/s1. The first-order valence-electron chi connectivity index (χ1n) is 9.02. The molecule has 0 aromatic heterocycles. The smallest absolute Gasteiger partial charge is 0.243 e. The van der Waals surface area contributed by atoms with E-state index in [9.17, 15) is 17.6 Å². The summed E-state index contributed by atoms with van der Waals surface area (Å²) >= 11 is 5.89. The second-order valence-electron chi connectivity index (χ2n) is 6.98. The quantitative estimate of drug-likeness (QED) is 0.737. The number of hydrogen-bond acceptors (Lipinski definition) is 3. The van der Waals surface area contributed by atoms with Gasteiger partial charge in [-0.15, -0.1) is 0 Å². The molecule has 0 radical (unpaired) electrons. The molecule has 1 atom stereocenters. The van der Waals surface area contributed by atoms with Crippen LogP contribution >= 0.6 is 11.6 Å². The lowest BCUT2D eigenvalue weighted by atomic mass is 9.98. The van der Waals surface area contributed by atoms with E-state index in [2.05, 4.69) is 0 Å². The highest BCUT2D eigenvalue weighted by Gasteiger charge is 2.34. The molecule has 1 aliphatic rings. The number of rotatable bonds is 5. The molecule has 0 bridgehead atoms. The second kappa shape index (κ2) is 8.59. The maximum Gasteiger partial charge on any atom is 0.243 e. The number of piperidine rings is 1. The fourth-order valence-electron chi connectivity index (χ4n) is 3.37. The third-order valence-corrected chi connectivity index (χ3v) is 7.03. The number of sulfonamides is 1. The monoisotopic (exact) mass is 424 g/mol. The van der Waals surface area contributed by atoms with Crippen molar-refractivity contribution in [2.24, 2.45) is 5.92 Å². The second-order valence-corrected chi connectivity index (χ2v) is 9.35. The molecule has 0 spiro atoms. The lowest BCUT2D eigenvalue weighted by Crippen LogP contribution is -2.45. The minimum absolute atomic E-state index is 0.0384. The zero-order chi connectivity index (χ0) is 20.3. The van der Waals surface area contributed by atoms with Gasteiger partial charge in [-0.3, -0.25) is 4.79 Å². The highest BCUT2D eigenvalue weighted by atomic mass is 35.5. The van der Waals surface area contributed by atoms with Crippen molar-refractivity contribution < 1.29 is 17.6 Å². The van der Waals surface area contributed by atoms with Gasteiger partial charge in [0.15, 0.2) is 0 Å². The highest BCUT2D eigenvalue weighted by Crippen LogP contribution is 2.25. The molecule has 1 amide bonds. The van der Waals surface area contributed by atoms with E-state index in [0.29, 0.717) is 31.0 Å². The maximum atomic E-state index is 13.1. The molecule has 5 nitrogen and oxygen atoms in total. The molecule has 0 aliphatic carbocycles. The van der Waals surface area contributed by atoms with Gasteiger partial charge in [-0.2, -0.15) is 4.31 Å². The zero-order valence-corrected chi connectivity index (χ0v) is 17.1. The average molecular weight is 425 g/mol. The number of carbonyl (C=O) groups is 1. The van der Waals surface area contributed by atoms with Gasteiger partial charge >= 0.3 is 0 Å². The molecule has 2 aromatic carbocycles. The summed E-state index contributed by atoms with van der Waals surface area (Å²) in [5.41, 5.74) is 0.951. The third kappa shape index (κ3) is 4.71. The molecule has 150 valence electrons. The van der Waals surface area contributed by atoms with Gasteiger partial charge in [0.1, 0.15) is 5.82 Å². The third-order valence-electron chi connectivity index (χ3n) is 4.89. The molecule has 8 heteroatoms. The van der Waals surface area contributed by atoms with Crippen molar-refractivity contribution in [3.05, 3.63) is 64.9 Å². The lowest BCUT2D eigenvalue weighted by molar-refractivity contribution is -0.135. The Morgan fingerprint density at radius 3 is 2.46 bits per heavy atom. The van der Waals surface area contributed by atoms with Crippen molar-refractivity contribution in [3.63, 3.8) is 0 Å². The first kappa shape index (κ1) is 20.8. The van der Waals surface area contributed by atoms with Gasteiger partial charge in [-0.25, -0.2) is 12.8 Å². The van der Waals surface area contributed by atoms with Crippen molar-refractivity contribution in [3.8, 4) is 0 Å². The summed E-state index contributed by atoms with van der Waals surface area (Å²) in [6, 6.07) is 12.0. The fraction of sp³-hybridized carbons (Fsp3) is 0.350. The lowest BCUT2D eigenvalue weighted by Gasteiger charge is -2.33. The van der Waals surface area contributed by atoms with Gasteiger partial charge in [-0.1, -0.05) is 23.7 Å². The van der Waals surface area contributed by atoms with Crippen molar-refractivity contribution in [1.29, 1.82) is 0 Å². The molecule has 0 N–H and O–H groups in total. The molecular weight excluding hydrogens is 403 g/mol. The van der Waals surface area contributed by atoms with E-state index in [1.807, 2.05) is 12.1 Å². The molecular formula is C20H22ClFN2O3S. The number of hydrogen-bond donors (Lipinski definition) is 0. The first-order chi connectivity index (χ1) is 13.3. The number of nitrogens with zero attached hydrogens (tertiary/aromatic N) is 2. The Morgan fingerprint density at radius 1 is 1.18 bits per heavy atom. The summed E-state index contributed by atoms with van der Waals surface area (Å²) in [6.07, 6.45) is 1.24. The summed E-state index contributed by atoms with van der Waals surface area (Å²) in [4.78, 5) is 14.5. The van der Waals surface area contributed by atoms with Gasteiger partial charge in [0.2, 0.25) is 15.9 Å². The van der Waals surface area contributed by atoms with E-state index in [0.717, 1.165) is 17.7 Å². The fourth-order valence-corrected chi connectivity index (χ4v) is 5.02. The summed E-state index contributed by atoms with van der Waals surface area (Å²) < 4.78 is 40.1. The van der Waals surface area contributed by atoms with Gasteiger partial charge < -0.3 is 4.90 Å². The van der Waals surface area contributed by atoms with Crippen LogP contribution in [0.15, 0.2) is 53.4 Å². The molecule has 3 rings (SSSR count). The minimum atomic E-state index is -3.75. The van der Waals surface area contributed by atoms with E-state index in [1.54, 1.807) is 24.1 Å². The van der Waals surface area contributed by atoms with Crippen LogP contribution < -0.4 is 0 Å². The molecule has 1 aliphatic heterocycles. The van der Waals surface area contributed by atoms with Gasteiger partial charge in [0, 0.05) is 31.7 Å². The molecule has 0 unspecified atom stereocenters. The van der Waals surface area contributed by atoms with Crippen molar-refractivity contribution >= 4 is 27.5 Å². The Balaban J connectivity index is 1.68. The predicted octanol–water partition coefficient (Wildman–Crippen LogP) is 3.54. The van der Waals surface area contributed by atoms with E-state index < -0.39 is 21.8 Å². The van der Waals surface area contributed by atoms with Gasteiger partial charge in [-0.05, 0) is 54.8 Å². The number of carbonyl (C=O) groups excluding carboxylic acids is 1. The van der Waals surface area contributed by atoms with E-state index in [4.69, 9.17) is 11.6 Å². The van der Waals surface area contributed by atoms with Crippen molar-refractivity contribution in [2.45, 2.75) is 24.3 Å². The Bertz CT molecular complexity index is 933. The summed E-state index contributed by atoms with van der Waals surface area (Å²) in [6.45, 7) is 0.908. The summed E-state index contributed by atoms with van der Waals surface area (Å²) in [5.74, 6) is -0.982. The molecule has 28 heavy (non-hydrogen) atoms. The van der Waals surface area contributed by atoms with Crippen LogP contribution in [0.4, 0.5) is 4.39 Å². The number of halogens is 2. The van der Waals surface area contributed by atoms with Crippen LogP contribution in [-0.4, -0.2) is 43.7 Å². The molecule has 1 saturated heterocycles. The van der Waals surface area contributed by atoms with E-state index >= 15 is 0 Å². The van der Waals surface area contributed by atoms with Gasteiger partial charge in [0.05, 0.1) is 10.8 Å². The van der Waals surface area contributed by atoms with Crippen LogP contribution in [0.1, 0.15) is 18.4 Å².